The quantitative estimate of drug-likeness (QED) is 0.648. The van der Waals surface area contributed by atoms with Crippen LogP contribution in [0.25, 0.3) is 0 Å². The summed E-state index contributed by atoms with van der Waals surface area (Å²) in [5, 5.41) is 8.91. The molecule has 2 N–H and O–H groups in total. The second-order valence-corrected chi connectivity index (χ2v) is 6.57. The van der Waals surface area contributed by atoms with Crippen molar-refractivity contribution in [1.29, 1.82) is 0 Å². The number of carboxylic acids is 1. The zero-order valence-electron chi connectivity index (χ0n) is 13.1. The molecule has 0 unspecified atom stereocenters. The van der Waals surface area contributed by atoms with Gasteiger partial charge in [-0.25, -0.2) is 13.2 Å². The molecule has 0 radical (unpaired) electrons. The number of halogens is 4. The van der Waals surface area contributed by atoms with Gasteiger partial charge in [0.05, 0.1) is 16.1 Å². The number of rotatable bonds is 8. The summed E-state index contributed by atoms with van der Waals surface area (Å²) in [6, 6.07) is 6.66. The Balaban J connectivity index is 2.38. The third kappa shape index (κ3) is 5.74. The van der Waals surface area contributed by atoms with Crippen molar-refractivity contribution in [2.75, 3.05) is 4.72 Å². The number of ether oxygens (including phenoxy) is 2. The highest BCUT2D eigenvalue weighted by Gasteiger charge is 2.18. The summed E-state index contributed by atoms with van der Waals surface area (Å²) in [7, 11) is -4.36. The lowest BCUT2D eigenvalue weighted by Crippen LogP contribution is -2.14. The minimum Gasteiger partial charge on any atom is -0.478 e. The maximum Gasteiger partial charge on any atom is 0.387 e. The molecule has 12 heteroatoms. The van der Waals surface area contributed by atoms with Crippen LogP contribution in [0.5, 0.6) is 11.5 Å². The minimum absolute atomic E-state index is 0.311. The van der Waals surface area contributed by atoms with Crippen LogP contribution in [0.3, 0.4) is 0 Å². The van der Waals surface area contributed by atoms with Gasteiger partial charge < -0.3 is 14.6 Å². The van der Waals surface area contributed by atoms with Crippen LogP contribution in [0.2, 0.25) is 0 Å². The van der Waals surface area contributed by atoms with Gasteiger partial charge in [0, 0.05) is 18.2 Å². The summed E-state index contributed by atoms with van der Waals surface area (Å²) >= 11 is 0. The first-order chi connectivity index (χ1) is 12.6. The maximum atomic E-state index is 12.4. The van der Waals surface area contributed by atoms with Crippen molar-refractivity contribution in [3.05, 3.63) is 48.0 Å². The number of carboxylic acid groups (broad SMARTS) is 1. The van der Waals surface area contributed by atoms with Crippen LogP contribution < -0.4 is 14.2 Å². The van der Waals surface area contributed by atoms with Crippen LogP contribution in [0, 0.1) is 0 Å². The molecule has 7 nitrogen and oxygen atoms in total. The average molecular weight is 409 g/mol. The molecule has 0 aliphatic carbocycles. The molecule has 0 saturated carbocycles. The molecule has 0 atom stereocenters. The number of sulfonamides is 1. The smallest absolute Gasteiger partial charge is 0.387 e. The zero-order chi connectivity index (χ0) is 20.2. The van der Waals surface area contributed by atoms with Crippen molar-refractivity contribution in [2.24, 2.45) is 0 Å². The molecule has 2 aromatic carbocycles. The minimum atomic E-state index is -4.36. The number of benzene rings is 2. The van der Waals surface area contributed by atoms with Crippen molar-refractivity contribution in [2.45, 2.75) is 18.1 Å². The van der Waals surface area contributed by atoms with E-state index in [0.29, 0.717) is 0 Å². The summed E-state index contributed by atoms with van der Waals surface area (Å²) in [6.45, 7) is -6.58. The van der Waals surface area contributed by atoms with E-state index in [-0.39, 0.29) is 5.56 Å². The van der Waals surface area contributed by atoms with Crippen molar-refractivity contribution >= 4 is 21.7 Å². The van der Waals surface area contributed by atoms with Crippen LogP contribution in [0.15, 0.2) is 47.4 Å². The second-order valence-electron chi connectivity index (χ2n) is 4.89. The molecule has 0 saturated heterocycles. The number of hydrogen-bond acceptors (Lipinski definition) is 5. The van der Waals surface area contributed by atoms with Gasteiger partial charge in [0.25, 0.3) is 10.0 Å². The SMILES string of the molecule is O=C(O)c1cccc(S(=O)(=O)Nc2cc(OC(F)F)cc(OC(F)F)c2)c1. The average Bonchev–Trinajstić information content (AvgIpc) is 2.53. The van der Waals surface area contributed by atoms with Gasteiger partial charge in [0.2, 0.25) is 0 Å². The number of hydrogen-bond donors (Lipinski definition) is 2. The van der Waals surface area contributed by atoms with Gasteiger partial charge in [-0.1, -0.05) is 6.07 Å². The van der Waals surface area contributed by atoms with Crippen molar-refractivity contribution < 1.29 is 45.4 Å². The fourth-order valence-corrected chi connectivity index (χ4v) is 3.07. The van der Waals surface area contributed by atoms with E-state index >= 15 is 0 Å². The van der Waals surface area contributed by atoms with E-state index in [1.807, 2.05) is 4.72 Å². The van der Waals surface area contributed by atoms with E-state index in [9.17, 15) is 30.8 Å². The van der Waals surface area contributed by atoms with E-state index in [1.165, 1.54) is 6.07 Å². The lowest BCUT2D eigenvalue weighted by atomic mass is 10.2. The number of nitrogens with one attached hydrogen (secondary N) is 1. The number of alkyl halides is 4. The Labute approximate surface area is 150 Å². The first kappa shape index (κ1) is 20.3. The Morgan fingerprint density at radius 1 is 0.963 bits per heavy atom. The Morgan fingerprint density at radius 3 is 2.00 bits per heavy atom. The first-order valence-corrected chi connectivity index (χ1v) is 8.46. The standard InChI is InChI=1S/C15H11F4NO6S/c16-14(17)25-10-5-9(6-11(7-10)26-15(18)19)20-27(23,24)12-3-1-2-8(4-12)13(21)22/h1-7,14-15,20H,(H,21,22). The molecule has 0 fully saturated rings. The Kier molecular flexibility index (Phi) is 6.10. The van der Waals surface area contributed by atoms with Gasteiger partial charge in [-0.2, -0.15) is 17.6 Å². The van der Waals surface area contributed by atoms with Gasteiger partial charge in [-0.05, 0) is 18.2 Å². The van der Waals surface area contributed by atoms with Crippen LogP contribution in [0.1, 0.15) is 10.4 Å². The van der Waals surface area contributed by atoms with E-state index in [0.717, 1.165) is 36.4 Å². The molecule has 0 aromatic heterocycles. The van der Waals surface area contributed by atoms with Crippen molar-refractivity contribution in [3.8, 4) is 11.5 Å². The molecule has 0 aliphatic rings. The first-order valence-electron chi connectivity index (χ1n) is 6.98. The van der Waals surface area contributed by atoms with Gasteiger partial charge in [0.15, 0.2) is 0 Å². The topological polar surface area (TPSA) is 102 Å². The molecular formula is C15H11F4NO6S. The van der Waals surface area contributed by atoms with Gasteiger partial charge in [-0.3, -0.25) is 4.72 Å². The molecule has 2 rings (SSSR count). The lowest BCUT2D eigenvalue weighted by molar-refractivity contribution is -0.0541. The predicted molar refractivity (Wildman–Crippen MR) is 83.9 cm³/mol. The van der Waals surface area contributed by atoms with E-state index in [2.05, 4.69) is 9.47 Å². The summed E-state index contributed by atoms with van der Waals surface area (Å²) in [5.74, 6) is -2.62. The third-order valence-corrected chi connectivity index (χ3v) is 4.35. The molecule has 27 heavy (non-hydrogen) atoms. The Morgan fingerprint density at radius 2 is 1.52 bits per heavy atom. The van der Waals surface area contributed by atoms with E-state index in [1.54, 1.807) is 0 Å². The molecule has 0 heterocycles. The van der Waals surface area contributed by atoms with Crippen molar-refractivity contribution in [1.82, 2.24) is 0 Å². The van der Waals surface area contributed by atoms with Crippen LogP contribution >= 0.6 is 0 Å². The highest BCUT2D eigenvalue weighted by atomic mass is 32.2. The van der Waals surface area contributed by atoms with Gasteiger partial charge in [0.1, 0.15) is 11.5 Å². The number of anilines is 1. The van der Waals surface area contributed by atoms with Gasteiger partial charge in [-0.15, -0.1) is 0 Å². The number of aromatic carboxylic acids is 1. The van der Waals surface area contributed by atoms with Crippen LogP contribution in [-0.4, -0.2) is 32.7 Å². The number of carbonyl (C=O) groups is 1. The normalized spacial score (nSPS) is 11.5. The molecule has 0 aliphatic heterocycles. The fourth-order valence-electron chi connectivity index (χ4n) is 1.98. The highest BCUT2D eigenvalue weighted by Crippen LogP contribution is 2.30. The zero-order valence-corrected chi connectivity index (χ0v) is 13.9. The van der Waals surface area contributed by atoms with Crippen LogP contribution in [-0.2, 0) is 10.0 Å². The Hall–Kier alpha value is -3.02. The van der Waals surface area contributed by atoms with Crippen molar-refractivity contribution in [3.63, 3.8) is 0 Å². The van der Waals surface area contributed by atoms with E-state index < -0.39 is 51.3 Å². The molecule has 2 aromatic rings. The molecule has 146 valence electrons. The fraction of sp³-hybridized carbons (Fsp3) is 0.133. The molecule has 0 spiro atoms. The maximum absolute atomic E-state index is 12.4. The monoisotopic (exact) mass is 409 g/mol. The van der Waals surface area contributed by atoms with Crippen LogP contribution in [0.4, 0.5) is 23.2 Å². The largest absolute Gasteiger partial charge is 0.478 e. The van der Waals surface area contributed by atoms with E-state index in [4.69, 9.17) is 5.11 Å². The summed E-state index contributed by atoms with van der Waals surface area (Å²) < 4.78 is 84.3. The summed E-state index contributed by atoms with van der Waals surface area (Å²) in [4.78, 5) is 10.5. The Bertz CT molecular complexity index is 907. The third-order valence-electron chi connectivity index (χ3n) is 2.97. The molecular weight excluding hydrogens is 398 g/mol. The molecule has 0 amide bonds. The molecule has 0 bridgehead atoms. The second kappa shape index (κ2) is 8.12. The highest BCUT2D eigenvalue weighted by molar-refractivity contribution is 7.92. The predicted octanol–water partition coefficient (Wildman–Crippen LogP) is 3.39. The lowest BCUT2D eigenvalue weighted by Gasteiger charge is -2.13. The summed E-state index contributed by atoms with van der Waals surface area (Å²) in [6.07, 6.45) is 0. The van der Waals surface area contributed by atoms with Gasteiger partial charge >= 0.3 is 19.2 Å². The summed E-state index contributed by atoms with van der Waals surface area (Å²) in [5.41, 5.74) is -0.723.